The van der Waals surface area contributed by atoms with Gasteiger partial charge in [-0.3, -0.25) is 4.79 Å². The summed E-state index contributed by atoms with van der Waals surface area (Å²) in [6.45, 7) is 0. The lowest BCUT2D eigenvalue weighted by Crippen LogP contribution is -2.13. The number of nitrogens with two attached hydrogens (primary N) is 1. The van der Waals surface area contributed by atoms with Gasteiger partial charge in [0.05, 0.1) is 5.69 Å². The first-order chi connectivity index (χ1) is 9.15. The summed E-state index contributed by atoms with van der Waals surface area (Å²) in [6, 6.07) is 13.9. The second-order valence-electron chi connectivity index (χ2n) is 4.27. The van der Waals surface area contributed by atoms with Crippen molar-refractivity contribution >= 4 is 17.3 Å². The molecule has 19 heavy (non-hydrogen) atoms. The van der Waals surface area contributed by atoms with Crippen LogP contribution in [0.1, 0.15) is 12.0 Å². The van der Waals surface area contributed by atoms with E-state index in [2.05, 4.69) is 5.32 Å². The van der Waals surface area contributed by atoms with Crippen molar-refractivity contribution in [2.75, 3.05) is 11.1 Å². The highest BCUT2D eigenvalue weighted by Crippen LogP contribution is 2.17. The van der Waals surface area contributed by atoms with Gasteiger partial charge in [0.25, 0.3) is 0 Å². The van der Waals surface area contributed by atoms with Crippen molar-refractivity contribution in [2.45, 2.75) is 12.8 Å². The highest BCUT2D eigenvalue weighted by molar-refractivity contribution is 5.91. The molecule has 2 aromatic carbocycles. The molecule has 98 valence electrons. The Balaban J connectivity index is 1.91. The van der Waals surface area contributed by atoms with E-state index in [4.69, 9.17) is 5.73 Å². The van der Waals surface area contributed by atoms with E-state index in [9.17, 15) is 9.18 Å². The van der Waals surface area contributed by atoms with Crippen molar-refractivity contribution in [3.63, 3.8) is 0 Å². The van der Waals surface area contributed by atoms with Crippen LogP contribution in [0, 0.1) is 5.82 Å². The van der Waals surface area contributed by atoms with E-state index in [0.29, 0.717) is 18.5 Å². The average Bonchev–Trinajstić information content (AvgIpc) is 2.41. The first-order valence-corrected chi connectivity index (χ1v) is 6.04. The minimum Gasteiger partial charge on any atom is -0.399 e. The number of nitrogens with one attached hydrogen (secondary N) is 1. The number of hydrogen-bond acceptors (Lipinski definition) is 2. The molecule has 2 aromatic rings. The van der Waals surface area contributed by atoms with Gasteiger partial charge in [-0.25, -0.2) is 4.39 Å². The topological polar surface area (TPSA) is 55.1 Å². The van der Waals surface area contributed by atoms with E-state index in [1.165, 1.54) is 12.1 Å². The smallest absolute Gasteiger partial charge is 0.224 e. The third kappa shape index (κ3) is 3.81. The van der Waals surface area contributed by atoms with Crippen LogP contribution >= 0.6 is 0 Å². The number of carbonyl (C=O) groups excluding carboxylic acids is 1. The number of rotatable bonds is 4. The number of carbonyl (C=O) groups is 1. The van der Waals surface area contributed by atoms with Gasteiger partial charge in [0.1, 0.15) is 5.82 Å². The highest BCUT2D eigenvalue weighted by Gasteiger charge is 2.07. The molecule has 1 amide bonds. The number of amides is 1. The van der Waals surface area contributed by atoms with Crippen LogP contribution < -0.4 is 11.1 Å². The minimum absolute atomic E-state index is 0.160. The summed E-state index contributed by atoms with van der Waals surface area (Å²) >= 11 is 0. The molecule has 4 heteroatoms. The van der Waals surface area contributed by atoms with E-state index in [1.54, 1.807) is 6.07 Å². The summed E-state index contributed by atoms with van der Waals surface area (Å²) in [5.41, 5.74) is 7.01. The predicted octanol–water partition coefficient (Wildman–Crippen LogP) is 2.98. The van der Waals surface area contributed by atoms with Crippen LogP contribution in [0.4, 0.5) is 15.8 Å². The van der Waals surface area contributed by atoms with Crippen LogP contribution in [0.2, 0.25) is 0 Å². The normalized spacial score (nSPS) is 10.2. The number of aryl methyl sites for hydroxylation is 1. The first kappa shape index (κ1) is 13.1. The molecule has 0 aliphatic heterocycles. The van der Waals surface area contributed by atoms with Crippen LogP contribution in [-0.4, -0.2) is 5.91 Å². The molecule has 0 saturated carbocycles. The van der Waals surface area contributed by atoms with Gasteiger partial charge in [-0.1, -0.05) is 30.3 Å². The van der Waals surface area contributed by atoms with Gasteiger partial charge in [0, 0.05) is 12.1 Å². The van der Waals surface area contributed by atoms with Gasteiger partial charge in [0.15, 0.2) is 0 Å². The third-order valence-electron chi connectivity index (χ3n) is 2.75. The van der Waals surface area contributed by atoms with Gasteiger partial charge in [0.2, 0.25) is 5.91 Å². The molecule has 0 spiro atoms. The minimum atomic E-state index is -0.520. The molecule has 0 bridgehead atoms. The van der Waals surface area contributed by atoms with E-state index in [1.807, 2.05) is 30.3 Å². The Morgan fingerprint density at radius 2 is 1.89 bits per heavy atom. The van der Waals surface area contributed by atoms with Gasteiger partial charge >= 0.3 is 0 Å². The zero-order valence-corrected chi connectivity index (χ0v) is 10.4. The molecular weight excluding hydrogens is 243 g/mol. The van der Waals surface area contributed by atoms with Crippen LogP contribution in [0.5, 0.6) is 0 Å². The van der Waals surface area contributed by atoms with E-state index < -0.39 is 5.82 Å². The zero-order valence-electron chi connectivity index (χ0n) is 10.4. The van der Waals surface area contributed by atoms with Crippen molar-refractivity contribution in [3.05, 3.63) is 59.9 Å². The van der Waals surface area contributed by atoms with Crippen LogP contribution in [0.25, 0.3) is 0 Å². The van der Waals surface area contributed by atoms with Crippen LogP contribution in [-0.2, 0) is 11.2 Å². The SMILES string of the molecule is Nc1ccc(NC(=O)CCc2ccccc2)c(F)c1. The van der Waals surface area contributed by atoms with Crippen LogP contribution in [0.15, 0.2) is 48.5 Å². The molecular formula is C15H15FN2O. The Labute approximate surface area is 111 Å². The Kier molecular flexibility index (Phi) is 4.13. The maximum absolute atomic E-state index is 13.5. The number of hydrogen-bond donors (Lipinski definition) is 2. The van der Waals surface area contributed by atoms with Crippen molar-refractivity contribution in [1.82, 2.24) is 0 Å². The highest BCUT2D eigenvalue weighted by atomic mass is 19.1. The molecule has 0 unspecified atom stereocenters. The number of nitrogen functional groups attached to an aromatic ring is 1. The molecule has 3 nitrogen and oxygen atoms in total. The molecule has 0 aromatic heterocycles. The molecule has 0 aliphatic rings. The Bertz CT molecular complexity index is 570. The second kappa shape index (κ2) is 6.00. The van der Waals surface area contributed by atoms with Crippen molar-refractivity contribution in [1.29, 1.82) is 0 Å². The molecule has 3 N–H and O–H groups in total. The van der Waals surface area contributed by atoms with E-state index in [0.717, 1.165) is 5.56 Å². The Morgan fingerprint density at radius 3 is 2.58 bits per heavy atom. The average molecular weight is 258 g/mol. The zero-order chi connectivity index (χ0) is 13.7. The summed E-state index contributed by atoms with van der Waals surface area (Å²) in [5, 5.41) is 2.54. The number of anilines is 2. The van der Waals surface area contributed by atoms with Crippen molar-refractivity contribution in [2.24, 2.45) is 0 Å². The van der Waals surface area contributed by atoms with E-state index >= 15 is 0 Å². The van der Waals surface area contributed by atoms with Gasteiger partial charge in [-0.05, 0) is 30.2 Å². The molecule has 0 atom stereocenters. The first-order valence-electron chi connectivity index (χ1n) is 6.04. The number of halogens is 1. The fraction of sp³-hybridized carbons (Fsp3) is 0.133. The van der Waals surface area contributed by atoms with E-state index in [-0.39, 0.29) is 11.6 Å². The maximum atomic E-state index is 13.5. The fourth-order valence-electron chi connectivity index (χ4n) is 1.75. The van der Waals surface area contributed by atoms with Crippen LogP contribution in [0.3, 0.4) is 0 Å². The third-order valence-corrected chi connectivity index (χ3v) is 2.75. The largest absolute Gasteiger partial charge is 0.399 e. The lowest BCUT2D eigenvalue weighted by atomic mass is 10.1. The molecule has 0 radical (unpaired) electrons. The number of benzene rings is 2. The molecule has 0 fully saturated rings. The summed E-state index contributed by atoms with van der Waals surface area (Å²) in [4.78, 5) is 11.7. The standard InChI is InChI=1S/C15H15FN2O/c16-13-10-12(17)7-8-14(13)18-15(19)9-6-11-4-2-1-3-5-11/h1-5,7-8,10H,6,9,17H2,(H,18,19). The summed E-state index contributed by atoms with van der Waals surface area (Å²) in [7, 11) is 0. The Morgan fingerprint density at radius 1 is 1.16 bits per heavy atom. The monoisotopic (exact) mass is 258 g/mol. The van der Waals surface area contributed by atoms with Gasteiger partial charge in [-0.2, -0.15) is 0 Å². The van der Waals surface area contributed by atoms with Crippen molar-refractivity contribution < 1.29 is 9.18 Å². The second-order valence-corrected chi connectivity index (χ2v) is 4.27. The van der Waals surface area contributed by atoms with Gasteiger partial charge in [-0.15, -0.1) is 0 Å². The van der Waals surface area contributed by atoms with Crippen molar-refractivity contribution in [3.8, 4) is 0 Å². The summed E-state index contributed by atoms with van der Waals surface area (Å²) < 4.78 is 13.5. The quantitative estimate of drug-likeness (QED) is 0.828. The van der Waals surface area contributed by atoms with Gasteiger partial charge < -0.3 is 11.1 Å². The molecule has 2 rings (SSSR count). The molecule has 0 heterocycles. The predicted molar refractivity (Wildman–Crippen MR) is 74.2 cm³/mol. The summed E-state index contributed by atoms with van der Waals surface area (Å²) in [5.74, 6) is -0.736. The lowest BCUT2D eigenvalue weighted by Gasteiger charge is -2.07. The molecule has 0 aliphatic carbocycles. The maximum Gasteiger partial charge on any atom is 0.224 e. The molecule has 0 saturated heterocycles. The summed E-state index contributed by atoms with van der Waals surface area (Å²) in [6.07, 6.45) is 0.942. The lowest BCUT2D eigenvalue weighted by molar-refractivity contribution is -0.116. The Hall–Kier alpha value is -2.36. The fourth-order valence-corrected chi connectivity index (χ4v) is 1.75.